The van der Waals surface area contributed by atoms with Gasteiger partial charge in [-0.3, -0.25) is 19.2 Å². The molecule has 0 aromatic heterocycles. The lowest BCUT2D eigenvalue weighted by Gasteiger charge is -2.37. The van der Waals surface area contributed by atoms with Gasteiger partial charge >= 0.3 is 5.97 Å². The van der Waals surface area contributed by atoms with E-state index in [0.29, 0.717) is 6.42 Å². The quantitative estimate of drug-likeness (QED) is 0.438. The van der Waals surface area contributed by atoms with Gasteiger partial charge in [0.2, 0.25) is 17.7 Å². The Kier molecular flexibility index (Phi) is 8.07. The van der Waals surface area contributed by atoms with Crippen LogP contribution in [0.15, 0.2) is 54.6 Å². The molecular formula is C31H39N3O7. The van der Waals surface area contributed by atoms with Gasteiger partial charge in [0.15, 0.2) is 0 Å². The van der Waals surface area contributed by atoms with E-state index in [4.69, 9.17) is 9.47 Å². The van der Waals surface area contributed by atoms with E-state index in [0.717, 1.165) is 5.56 Å². The number of ether oxygens (including phenoxy) is 2. The minimum atomic E-state index is -1.34. The Morgan fingerprint density at radius 1 is 1.07 bits per heavy atom. The van der Waals surface area contributed by atoms with Crippen LogP contribution in [0.5, 0.6) is 0 Å². The number of benzene rings is 1. The molecule has 220 valence electrons. The number of esters is 1. The number of cyclic esters (lactones) is 1. The van der Waals surface area contributed by atoms with Crippen molar-refractivity contribution in [2.75, 3.05) is 26.7 Å². The molecule has 4 aliphatic heterocycles. The summed E-state index contributed by atoms with van der Waals surface area (Å²) in [6.07, 6.45) is 6.44. The topological polar surface area (TPSA) is 117 Å². The van der Waals surface area contributed by atoms with Crippen molar-refractivity contribution >= 4 is 23.7 Å². The summed E-state index contributed by atoms with van der Waals surface area (Å²) in [7, 11) is 1.70. The van der Waals surface area contributed by atoms with Gasteiger partial charge in [0.1, 0.15) is 23.7 Å². The third-order valence-electron chi connectivity index (χ3n) is 8.93. The Morgan fingerprint density at radius 3 is 2.49 bits per heavy atom. The highest BCUT2D eigenvalue weighted by atomic mass is 16.6. The average molecular weight is 566 g/mol. The summed E-state index contributed by atoms with van der Waals surface area (Å²) in [6, 6.07) is 7.51. The van der Waals surface area contributed by atoms with E-state index in [1.54, 1.807) is 29.0 Å². The predicted octanol–water partition coefficient (Wildman–Crippen LogP) is 1.85. The number of hydrogen-bond acceptors (Lipinski definition) is 7. The summed E-state index contributed by atoms with van der Waals surface area (Å²) in [5.74, 6) is -3.40. The summed E-state index contributed by atoms with van der Waals surface area (Å²) >= 11 is 0. The van der Waals surface area contributed by atoms with Crippen LogP contribution in [0, 0.1) is 11.8 Å². The summed E-state index contributed by atoms with van der Waals surface area (Å²) < 4.78 is 12.6. The van der Waals surface area contributed by atoms with E-state index in [9.17, 15) is 24.3 Å². The van der Waals surface area contributed by atoms with E-state index in [-0.39, 0.29) is 44.0 Å². The second-order valence-electron chi connectivity index (χ2n) is 11.6. The molecule has 5 bridgehead atoms. The van der Waals surface area contributed by atoms with Crippen molar-refractivity contribution in [2.45, 2.75) is 69.5 Å². The van der Waals surface area contributed by atoms with Crippen LogP contribution in [-0.4, -0.2) is 100 Å². The molecule has 7 atom stereocenters. The number of aliphatic hydroxyl groups excluding tert-OH is 1. The van der Waals surface area contributed by atoms with Crippen molar-refractivity contribution in [3.63, 3.8) is 0 Å². The van der Waals surface area contributed by atoms with E-state index in [1.807, 2.05) is 63.3 Å². The lowest BCUT2D eigenvalue weighted by molar-refractivity contribution is -0.164. The molecular weight excluding hydrogens is 526 g/mol. The molecule has 1 aromatic carbocycles. The highest BCUT2D eigenvalue weighted by Gasteiger charge is 2.73. The van der Waals surface area contributed by atoms with Gasteiger partial charge in [-0.1, -0.05) is 54.6 Å². The number of carbonyl (C=O) groups is 4. The molecule has 4 heterocycles. The lowest BCUT2D eigenvalue weighted by Crippen LogP contribution is -2.57. The maximum Gasteiger partial charge on any atom is 0.313 e. The Hall–Kier alpha value is -3.50. The molecule has 0 aliphatic carbocycles. The minimum Gasteiger partial charge on any atom is -0.455 e. The van der Waals surface area contributed by atoms with Crippen molar-refractivity contribution in [2.24, 2.45) is 11.8 Å². The number of carbonyl (C=O) groups excluding carboxylic acids is 4. The molecule has 1 N–H and O–H groups in total. The number of nitrogens with zero attached hydrogens (tertiary/aromatic N) is 3. The normalized spacial score (nSPS) is 34.9. The zero-order valence-corrected chi connectivity index (χ0v) is 24.0. The first-order valence-electron chi connectivity index (χ1n) is 14.4. The van der Waals surface area contributed by atoms with E-state index in [1.165, 1.54) is 4.90 Å². The Bertz CT molecular complexity index is 1250. The van der Waals surface area contributed by atoms with Gasteiger partial charge in [-0.05, 0) is 32.8 Å². The lowest BCUT2D eigenvalue weighted by atomic mass is 9.74. The summed E-state index contributed by atoms with van der Waals surface area (Å²) in [4.78, 5) is 59.9. The van der Waals surface area contributed by atoms with Crippen LogP contribution < -0.4 is 0 Å². The molecule has 1 spiro atoms. The second-order valence-corrected chi connectivity index (χ2v) is 11.6. The molecule has 0 radical (unpaired) electrons. The van der Waals surface area contributed by atoms with Gasteiger partial charge < -0.3 is 29.3 Å². The third-order valence-corrected chi connectivity index (χ3v) is 8.93. The zero-order chi connectivity index (χ0) is 29.5. The van der Waals surface area contributed by atoms with Gasteiger partial charge in [-0.2, -0.15) is 0 Å². The summed E-state index contributed by atoms with van der Waals surface area (Å²) in [5, 5.41) is 9.84. The molecule has 2 saturated heterocycles. The minimum absolute atomic E-state index is 0.0600. The smallest absolute Gasteiger partial charge is 0.313 e. The van der Waals surface area contributed by atoms with Gasteiger partial charge in [0, 0.05) is 32.6 Å². The van der Waals surface area contributed by atoms with Gasteiger partial charge in [0.05, 0.1) is 24.7 Å². The maximum absolute atomic E-state index is 14.2. The Balaban J connectivity index is 1.59. The molecule has 0 saturated carbocycles. The van der Waals surface area contributed by atoms with E-state index >= 15 is 0 Å². The third kappa shape index (κ3) is 4.86. The standard InChI is InChI=1S/C31H39N3O7/c1-19(2)33-16-10-6-9-13-23(36)32(4)20(3)26(21-11-7-5-8-12-21)40-30(39)24-22-14-15-31(41-22)25(24)28(37)34(17-18-35)27(31)29(33)38/h5-8,10-12,14-15,19-20,22,24-27,35H,9,13,16-18H2,1-4H3/b10-6-/t20-,22+,24-,25-,26+,27+,31-/m0/s1. The Morgan fingerprint density at radius 2 is 1.80 bits per heavy atom. The van der Waals surface area contributed by atoms with Gasteiger partial charge in [-0.25, -0.2) is 0 Å². The van der Waals surface area contributed by atoms with Crippen molar-refractivity contribution in [3.05, 3.63) is 60.2 Å². The number of fused-ring (bicyclic) bond motifs is 2. The number of allylic oxidation sites excluding steroid dienone is 1. The number of likely N-dealkylation sites (N-methyl/N-ethyl adjacent to an activating group) is 1. The van der Waals surface area contributed by atoms with Crippen LogP contribution in [0.3, 0.4) is 0 Å². The van der Waals surface area contributed by atoms with Crippen LogP contribution in [0.2, 0.25) is 0 Å². The molecule has 2 fully saturated rings. The first-order valence-corrected chi connectivity index (χ1v) is 14.4. The van der Waals surface area contributed by atoms with Crippen LogP contribution in [-0.2, 0) is 28.7 Å². The van der Waals surface area contributed by atoms with E-state index in [2.05, 4.69) is 0 Å². The van der Waals surface area contributed by atoms with Crippen molar-refractivity contribution in [3.8, 4) is 0 Å². The Labute approximate surface area is 240 Å². The zero-order valence-electron chi connectivity index (χ0n) is 24.0. The SMILES string of the molecule is CC(C)N1C/C=C\CCC(=O)N(C)[C@@H](C)[C@H](c2ccccc2)OC(=O)[C@@H]2[C@H]3C(=O)N(CCO)[C@H](C1=O)[C@]31C=C[C@H]2O1. The van der Waals surface area contributed by atoms with Crippen LogP contribution >= 0.6 is 0 Å². The molecule has 41 heavy (non-hydrogen) atoms. The highest BCUT2D eigenvalue weighted by molar-refractivity contribution is 5.99. The fourth-order valence-electron chi connectivity index (χ4n) is 6.69. The number of β-amino-alcohol motifs (C(OH)–C–C–N with tert-alkyl or cyclic N) is 1. The first-order chi connectivity index (χ1) is 19.6. The molecule has 10 nitrogen and oxygen atoms in total. The van der Waals surface area contributed by atoms with Gasteiger partial charge in [0.25, 0.3) is 0 Å². The molecule has 0 unspecified atom stereocenters. The number of amides is 3. The highest BCUT2D eigenvalue weighted by Crippen LogP contribution is 2.55. The maximum atomic E-state index is 14.2. The van der Waals surface area contributed by atoms with Gasteiger partial charge in [-0.15, -0.1) is 0 Å². The van der Waals surface area contributed by atoms with E-state index < -0.39 is 53.6 Å². The van der Waals surface area contributed by atoms with Crippen molar-refractivity contribution in [1.82, 2.24) is 14.7 Å². The second kappa shape index (κ2) is 11.4. The first kappa shape index (κ1) is 29.0. The monoisotopic (exact) mass is 565 g/mol. The summed E-state index contributed by atoms with van der Waals surface area (Å²) in [5.41, 5.74) is -0.622. The number of rotatable bonds is 4. The van der Waals surface area contributed by atoms with Crippen LogP contribution in [0.4, 0.5) is 0 Å². The fraction of sp³-hybridized carbons (Fsp3) is 0.548. The molecule has 4 aliphatic rings. The molecule has 1 aromatic rings. The van der Waals surface area contributed by atoms with Crippen molar-refractivity contribution < 1.29 is 33.8 Å². The van der Waals surface area contributed by atoms with Crippen LogP contribution in [0.25, 0.3) is 0 Å². The largest absolute Gasteiger partial charge is 0.455 e. The molecule has 10 heteroatoms. The average Bonchev–Trinajstić information content (AvgIpc) is 3.60. The number of hydrogen-bond donors (Lipinski definition) is 1. The molecule has 5 rings (SSSR count). The summed E-state index contributed by atoms with van der Waals surface area (Å²) in [6.45, 7) is 5.51. The van der Waals surface area contributed by atoms with Crippen molar-refractivity contribution in [1.29, 1.82) is 0 Å². The number of likely N-dealkylation sites (tertiary alicyclic amines) is 1. The molecule has 3 amide bonds. The van der Waals surface area contributed by atoms with Crippen LogP contribution in [0.1, 0.15) is 45.3 Å². The fourth-order valence-corrected chi connectivity index (χ4v) is 6.69. The number of aliphatic hydroxyl groups is 1. The predicted molar refractivity (Wildman–Crippen MR) is 149 cm³/mol.